The lowest BCUT2D eigenvalue weighted by atomic mass is 9.94. The molecule has 0 aliphatic rings. The molecule has 3 heteroatoms. The average molecular weight is 662 g/mol. The van der Waals surface area contributed by atoms with Crippen molar-refractivity contribution < 1.29 is 0 Å². The lowest BCUT2D eigenvalue weighted by molar-refractivity contribution is 1.08. The Morgan fingerprint density at radius 1 is 0.212 bits per heavy atom. The van der Waals surface area contributed by atoms with E-state index in [2.05, 4.69) is 188 Å². The Bertz CT molecular complexity index is 2880. The van der Waals surface area contributed by atoms with Crippen LogP contribution in [-0.4, -0.2) is 15.0 Å². The summed E-state index contributed by atoms with van der Waals surface area (Å²) in [6.45, 7) is 0. The van der Waals surface area contributed by atoms with Crippen LogP contribution in [0.5, 0.6) is 0 Å². The standard InChI is InChI=1S/C49H31N3/c1-4-12-35-27-38(20-17-32(35)9-1)39-21-22-41-29-42(24-23-40(41)28-39)45-15-7-8-16-46(45)49-51-47(43-25-18-33-10-2-5-13-36(33)30-43)50-48(52-49)44-26-19-34-11-3-6-14-37(34)31-44/h1-31H. The van der Waals surface area contributed by atoms with Gasteiger partial charge in [-0.15, -0.1) is 0 Å². The van der Waals surface area contributed by atoms with Crippen molar-refractivity contribution >= 4 is 43.1 Å². The van der Waals surface area contributed by atoms with Crippen LogP contribution in [0.3, 0.4) is 0 Å². The molecule has 0 amide bonds. The van der Waals surface area contributed by atoms with Gasteiger partial charge < -0.3 is 0 Å². The van der Waals surface area contributed by atoms with E-state index in [0.717, 1.165) is 38.6 Å². The van der Waals surface area contributed by atoms with Gasteiger partial charge in [0.05, 0.1) is 0 Å². The van der Waals surface area contributed by atoms with Crippen LogP contribution in [0.1, 0.15) is 0 Å². The minimum atomic E-state index is 0.642. The minimum Gasteiger partial charge on any atom is -0.208 e. The number of rotatable bonds is 5. The second-order valence-corrected chi connectivity index (χ2v) is 13.3. The summed E-state index contributed by atoms with van der Waals surface area (Å²) >= 11 is 0. The molecule has 0 bridgehead atoms. The van der Waals surface area contributed by atoms with Crippen molar-refractivity contribution in [3.05, 3.63) is 188 Å². The Hall–Kier alpha value is -6.97. The number of fused-ring (bicyclic) bond motifs is 4. The largest absolute Gasteiger partial charge is 0.208 e. The highest BCUT2D eigenvalue weighted by atomic mass is 15.0. The van der Waals surface area contributed by atoms with Crippen LogP contribution >= 0.6 is 0 Å². The molecule has 0 N–H and O–H groups in total. The molecule has 0 aliphatic heterocycles. The first-order valence-electron chi connectivity index (χ1n) is 17.6. The quantitative estimate of drug-likeness (QED) is 0.184. The summed E-state index contributed by atoms with van der Waals surface area (Å²) in [5, 5.41) is 9.54. The van der Waals surface area contributed by atoms with Crippen LogP contribution in [0.15, 0.2) is 188 Å². The zero-order chi connectivity index (χ0) is 34.4. The van der Waals surface area contributed by atoms with E-state index in [-0.39, 0.29) is 0 Å². The Morgan fingerprint density at radius 3 is 1.02 bits per heavy atom. The molecular weight excluding hydrogens is 631 g/mol. The summed E-state index contributed by atoms with van der Waals surface area (Å²) < 4.78 is 0. The predicted molar refractivity (Wildman–Crippen MR) is 217 cm³/mol. The molecule has 0 spiro atoms. The topological polar surface area (TPSA) is 38.7 Å². The summed E-state index contributed by atoms with van der Waals surface area (Å²) in [6, 6.07) is 66.6. The highest BCUT2D eigenvalue weighted by molar-refractivity contribution is 5.95. The van der Waals surface area contributed by atoms with Gasteiger partial charge in [-0.25, -0.2) is 15.0 Å². The maximum atomic E-state index is 5.16. The third-order valence-corrected chi connectivity index (χ3v) is 10.1. The normalized spacial score (nSPS) is 11.5. The first-order chi connectivity index (χ1) is 25.7. The van der Waals surface area contributed by atoms with E-state index >= 15 is 0 Å². The SMILES string of the molecule is c1ccc(-c2nc(-c3ccc4ccccc4c3)nc(-c3ccc4ccccc4c3)n2)c(-c2ccc3cc(-c4ccc5ccccc5c4)ccc3c2)c1. The molecule has 0 saturated carbocycles. The molecule has 1 aromatic heterocycles. The van der Waals surface area contributed by atoms with Crippen molar-refractivity contribution in [1.82, 2.24) is 15.0 Å². The fourth-order valence-corrected chi connectivity index (χ4v) is 7.30. The Morgan fingerprint density at radius 2 is 0.519 bits per heavy atom. The Labute approximate surface area is 301 Å². The molecule has 3 nitrogen and oxygen atoms in total. The van der Waals surface area contributed by atoms with Crippen molar-refractivity contribution in [3.63, 3.8) is 0 Å². The molecule has 0 aliphatic carbocycles. The summed E-state index contributed by atoms with van der Waals surface area (Å²) in [5.74, 6) is 1.94. The maximum absolute atomic E-state index is 5.16. The average Bonchev–Trinajstić information content (AvgIpc) is 3.22. The van der Waals surface area contributed by atoms with E-state index in [1.54, 1.807) is 0 Å². The van der Waals surface area contributed by atoms with E-state index in [9.17, 15) is 0 Å². The lowest BCUT2D eigenvalue weighted by Crippen LogP contribution is -2.01. The van der Waals surface area contributed by atoms with Gasteiger partial charge in [-0.3, -0.25) is 0 Å². The molecule has 0 atom stereocenters. The number of hydrogen-bond donors (Lipinski definition) is 0. The second kappa shape index (κ2) is 12.4. The fourth-order valence-electron chi connectivity index (χ4n) is 7.30. The molecule has 0 radical (unpaired) electrons. The van der Waals surface area contributed by atoms with Crippen LogP contribution in [-0.2, 0) is 0 Å². The van der Waals surface area contributed by atoms with Crippen molar-refractivity contribution in [2.75, 3.05) is 0 Å². The van der Waals surface area contributed by atoms with Crippen molar-refractivity contribution in [3.8, 4) is 56.4 Å². The third kappa shape index (κ3) is 5.46. The van der Waals surface area contributed by atoms with Gasteiger partial charge in [0.1, 0.15) is 0 Å². The monoisotopic (exact) mass is 661 g/mol. The molecule has 0 unspecified atom stereocenters. The summed E-state index contributed by atoms with van der Waals surface area (Å²) in [4.78, 5) is 15.4. The smallest absolute Gasteiger partial charge is 0.164 e. The molecule has 242 valence electrons. The van der Waals surface area contributed by atoms with E-state index in [0.29, 0.717) is 17.5 Å². The van der Waals surface area contributed by atoms with Gasteiger partial charge in [-0.05, 0) is 95.7 Å². The van der Waals surface area contributed by atoms with E-state index < -0.39 is 0 Å². The minimum absolute atomic E-state index is 0.642. The maximum Gasteiger partial charge on any atom is 0.164 e. The van der Waals surface area contributed by atoms with Gasteiger partial charge in [-0.1, -0.05) is 158 Å². The van der Waals surface area contributed by atoms with Crippen LogP contribution in [0.4, 0.5) is 0 Å². The van der Waals surface area contributed by atoms with E-state index in [1.165, 1.54) is 43.4 Å². The van der Waals surface area contributed by atoms with Crippen molar-refractivity contribution in [2.45, 2.75) is 0 Å². The van der Waals surface area contributed by atoms with Gasteiger partial charge in [0.2, 0.25) is 0 Å². The van der Waals surface area contributed by atoms with Gasteiger partial charge in [0.15, 0.2) is 17.5 Å². The van der Waals surface area contributed by atoms with Crippen LogP contribution in [0.2, 0.25) is 0 Å². The van der Waals surface area contributed by atoms with Crippen LogP contribution in [0, 0.1) is 0 Å². The van der Waals surface area contributed by atoms with Crippen molar-refractivity contribution in [2.24, 2.45) is 0 Å². The fraction of sp³-hybridized carbons (Fsp3) is 0. The predicted octanol–water partition coefficient (Wildman–Crippen LogP) is 12.8. The van der Waals surface area contributed by atoms with E-state index in [1.807, 2.05) is 0 Å². The zero-order valence-electron chi connectivity index (χ0n) is 28.2. The summed E-state index contributed by atoms with van der Waals surface area (Å²) in [6.07, 6.45) is 0. The first kappa shape index (κ1) is 29.9. The molecule has 10 rings (SSSR count). The second-order valence-electron chi connectivity index (χ2n) is 13.3. The van der Waals surface area contributed by atoms with Crippen LogP contribution < -0.4 is 0 Å². The highest BCUT2D eigenvalue weighted by Crippen LogP contribution is 2.36. The molecule has 0 saturated heterocycles. The molecule has 9 aromatic carbocycles. The number of aromatic nitrogens is 3. The van der Waals surface area contributed by atoms with E-state index in [4.69, 9.17) is 15.0 Å². The third-order valence-electron chi connectivity index (χ3n) is 10.1. The molecule has 10 aromatic rings. The highest BCUT2D eigenvalue weighted by Gasteiger charge is 2.17. The molecule has 1 heterocycles. The number of hydrogen-bond acceptors (Lipinski definition) is 3. The Balaban J connectivity index is 1.09. The zero-order valence-corrected chi connectivity index (χ0v) is 28.2. The van der Waals surface area contributed by atoms with Gasteiger partial charge >= 0.3 is 0 Å². The summed E-state index contributed by atoms with van der Waals surface area (Å²) in [7, 11) is 0. The van der Waals surface area contributed by atoms with Crippen molar-refractivity contribution in [1.29, 1.82) is 0 Å². The van der Waals surface area contributed by atoms with Gasteiger partial charge in [-0.2, -0.15) is 0 Å². The lowest BCUT2D eigenvalue weighted by Gasteiger charge is -2.13. The molecule has 0 fully saturated rings. The van der Waals surface area contributed by atoms with Crippen LogP contribution in [0.25, 0.3) is 99.5 Å². The number of benzene rings is 9. The Kier molecular flexibility index (Phi) is 7.14. The number of nitrogens with zero attached hydrogens (tertiary/aromatic N) is 3. The first-order valence-corrected chi connectivity index (χ1v) is 17.6. The molecule has 52 heavy (non-hydrogen) atoms. The summed E-state index contributed by atoms with van der Waals surface area (Å²) in [5.41, 5.74) is 7.48. The molecular formula is C49H31N3. The van der Waals surface area contributed by atoms with Gasteiger partial charge in [0.25, 0.3) is 0 Å². The van der Waals surface area contributed by atoms with Gasteiger partial charge in [0, 0.05) is 16.7 Å².